The minimum absolute atomic E-state index is 0.00233. The van der Waals surface area contributed by atoms with Crippen molar-refractivity contribution in [2.45, 2.75) is 0 Å². The van der Waals surface area contributed by atoms with Crippen molar-refractivity contribution < 1.29 is 0 Å². The summed E-state index contributed by atoms with van der Waals surface area (Å²) in [5.74, 6) is 0.392. The van der Waals surface area contributed by atoms with Gasteiger partial charge in [-0.3, -0.25) is 0 Å². The molecule has 29 heavy (non-hydrogen) atoms. The van der Waals surface area contributed by atoms with E-state index in [1.807, 2.05) is 60.7 Å². The lowest BCUT2D eigenvalue weighted by molar-refractivity contribution is 0.750. The number of nitrogen functional groups attached to an aromatic ring is 1. The molecule has 140 valence electrons. The molecule has 0 bridgehead atoms. The molecule has 0 amide bonds. The molecule has 0 spiro atoms. The Morgan fingerprint density at radius 2 is 1.72 bits per heavy atom. The van der Waals surface area contributed by atoms with E-state index in [1.54, 1.807) is 12.3 Å². The molecule has 3 N–H and O–H groups in total. The summed E-state index contributed by atoms with van der Waals surface area (Å²) in [6.45, 7) is 0. The number of nitriles is 1. The molecule has 0 unspecified atom stereocenters. The number of anilines is 3. The smallest absolute Gasteiger partial charge is 0.232 e. The van der Waals surface area contributed by atoms with Gasteiger partial charge in [0.1, 0.15) is 11.8 Å². The number of benzene rings is 2. The molecular formula is C20H15N9. The second-order valence-electron chi connectivity index (χ2n) is 5.90. The molecule has 2 aromatic heterocycles. The van der Waals surface area contributed by atoms with Crippen LogP contribution in [0.5, 0.6) is 0 Å². The van der Waals surface area contributed by atoms with Crippen molar-refractivity contribution in [2.75, 3.05) is 11.1 Å². The molecule has 0 saturated carbocycles. The van der Waals surface area contributed by atoms with Crippen molar-refractivity contribution >= 4 is 29.2 Å². The molecule has 0 saturated heterocycles. The van der Waals surface area contributed by atoms with Crippen LogP contribution in [0.3, 0.4) is 0 Å². The molecule has 4 aromatic rings. The van der Waals surface area contributed by atoms with Crippen LogP contribution in [-0.2, 0) is 0 Å². The average molecular weight is 381 g/mol. The summed E-state index contributed by atoms with van der Waals surface area (Å²) in [7, 11) is 0. The molecule has 2 heterocycles. The fraction of sp³-hybridized carbons (Fsp3) is 0. The highest BCUT2D eigenvalue weighted by atomic mass is 15.5. The predicted molar refractivity (Wildman–Crippen MR) is 109 cm³/mol. The van der Waals surface area contributed by atoms with Crippen LogP contribution in [0.2, 0.25) is 0 Å². The number of para-hydroxylation sites is 2. The lowest BCUT2D eigenvalue weighted by Gasteiger charge is -2.06. The van der Waals surface area contributed by atoms with Gasteiger partial charge in [0, 0.05) is 5.69 Å². The quantitative estimate of drug-likeness (QED) is 0.505. The van der Waals surface area contributed by atoms with Crippen molar-refractivity contribution in [1.82, 2.24) is 29.9 Å². The number of aromatic nitrogens is 6. The van der Waals surface area contributed by atoms with E-state index in [1.165, 1.54) is 4.80 Å². The molecule has 0 atom stereocenters. The molecule has 9 heteroatoms. The van der Waals surface area contributed by atoms with E-state index in [9.17, 15) is 5.26 Å². The van der Waals surface area contributed by atoms with E-state index in [4.69, 9.17) is 5.73 Å². The Labute approximate surface area is 166 Å². The Bertz CT molecular complexity index is 1190. The monoisotopic (exact) mass is 381 g/mol. The van der Waals surface area contributed by atoms with Gasteiger partial charge in [-0.1, -0.05) is 36.4 Å². The van der Waals surface area contributed by atoms with Gasteiger partial charge in [0.15, 0.2) is 5.82 Å². The van der Waals surface area contributed by atoms with E-state index >= 15 is 0 Å². The summed E-state index contributed by atoms with van der Waals surface area (Å²) >= 11 is 0. The number of allylic oxidation sites excluding steroid dienone is 1. The van der Waals surface area contributed by atoms with Crippen molar-refractivity contribution in [3.63, 3.8) is 0 Å². The fourth-order valence-electron chi connectivity index (χ4n) is 2.54. The maximum Gasteiger partial charge on any atom is 0.232 e. The first kappa shape index (κ1) is 17.8. The van der Waals surface area contributed by atoms with Crippen LogP contribution in [0.25, 0.3) is 17.3 Å². The largest absolute Gasteiger partial charge is 0.368 e. The highest BCUT2D eigenvalue weighted by Gasteiger charge is 2.11. The van der Waals surface area contributed by atoms with E-state index < -0.39 is 0 Å². The molecule has 4 rings (SSSR count). The topological polar surface area (TPSA) is 131 Å². The number of nitrogens with one attached hydrogen (secondary N) is 1. The van der Waals surface area contributed by atoms with E-state index in [2.05, 4.69) is 36.5 Å². The van der Waals surface area contributed by atoms with E-state index in [0.717, 1.165) is 11.4 Å². The highest BCUT2D eigenvalue weighted by molar-refractivity contribution is 5.86. The van der Waals surface area contributed by atoms with E-state index in [0.29, 0.717) is 5.69 Å². The first-order valence-corrected chi connectivity index (χ1v) is 8.65. The van der Waals surface area contributed by atoms with Gasteiger partial charge in [-0.15, -0.1) is 5.10 Å². The minimum atomic E-state index is 0.00233. The van der Waals surface area contributed by atoms with Gasteiger partial charge in [0.05, 0.1) is 17.5 Å². The molecule has 2 aromatic carbocycles. The second-order valence-corrected chi connectivity index (χ2v) is 5.90. The third-order valence-corrected chi connectivity index (χ3v) is 3.83. The van der Waals surface area contributed by atoms with Crippen molar-refractivity contribution in [1.29, 1.82) is 5.26 Å². The zero-order valence-corrected chi connectivity index (χ0v) is 15.1. The molecule has 0 radical (unpaired) electrons. The van der Waals surface area contributed by atoms with Gasteiger partial charge in [-0.05, 0) is 30.3 Å². The highest BCUT2D eigenvalue weighted by Crippen LogP contribution is 2.18. The molecule has 0 aliphatic heterocycles. The Morgan fingerprint density at radius 3 is 2.45 bits per heavy atom. The molecule has 0 aliphatic rings. The van der Waals surface area contributed by atoms with E-state index in [-0.39, 0.29) is 23.3 Å². The third kappa shape index (κ3) is 4.23. The van der Waals surface area contributed by atoms with Crippen molar-refractivity contribution in [2.24, 2.45) is 0 Å². The fourth-order valence-corrected chi connectivity index (χ4v) is 2.54. The Kier molecular flexibility index (Phi) is 4.90. The SMILES string of the molecule is N#C/C(=C/c1cnn(-c2ccccc2)n1)c1nc(N)nc(Nc2ccccc2)n1. The van der Waals surface area contributed by atoms with Crippen LogP contribution in [0.1, 0.15) is 11.5 Å². The first-order chi connectivity index (χ1) is 14.2. The summed E-state index contributed by atoms with van der Waals surface area (Å²) in [4.78, 5) is 13.9. The maximum absolute atomic E-state index is 9.60. The number of hydrogen-bond acceptors (Lipinski definition) is 8. The van der Waals surface area contributed by atoms with Crippen LogP contribution in [0, 0.1) is 11.3 Å². The standard InChI is InChI=1S/C20H15N9/c21-12-14(11-16-13-23-29(28-16)17-9-5-2-6-10-17)18-25-19(22)27-20(26-18)24-15-7-3-1-4-8-15/h1-11,13H,(H3,22,24,25,26,27)/b14-11-. The summed E-state index contributed by atoms with van der Waals surface area (Å²) < 4.78 is 0. The van der Waals surface area contributed by atoms with Crippen LogP contribution in [0.4, 0.5) is 17.6 Å². The van der Waals surface area contributed by atoms with Gasteiger partial charge < -0.3 is 11.1 Å². The van der Waals surface area contributed by atoms with Crippen LogP contribution in [-0.4, -0.2) is 29.9 Å². The Morgan fingerprint density at radius 1 is 1.00 bits per heavy atom. The molecular weight excluding hydrogens is 366 g/mol. The van der Waals surface area contributed by atoms with Gasteiger partial charge in [-0.25, -0.2) is 0 Å². The summed E-state index contributed by atoms with van der Waals surface area (Å²) in [5.41, 5.74) is 8.09. The number of hydrogen-bond donors (Lipinski definition) is 2. The lowest BCUT2D eigenvalue weighted by atomic mass is 10.2. The number of rotatable bonds is 5. The van der Waals surface area contributed by atoms with Crippen LogP contribution < -0.4 is 11.1 Å². The van der Waals surface area contributed by atoms with Gasteiger partial charge in [-0.2, -0.15) is 30.1 Å². The minimum Gasteiger partial charge on any atom is -0.368 e. The average Bonchev–Trinajstić information content (AvgIpc) is 3.22. The second kappa shape index (κ2) is 7.98. The number of nitrogens with zero attached hydrogens (tertiary/aromatic N) is 7. The number of nitrogens with two attached hydrogens (primary N) is 1. The molecule has 0 aliphatic carbocycles. The Balaban J connectivity index is 1.64. The zero-order chi connectivity index (χ0) is 20.1. The van der Waals surface area contributed by atoms with Gasteiger partial charge >= 0.3 is 0 Å². The van der Waals surface area contributed by atoms with Gasteiger partial charge in [0.25, 0.3) is 0 Å². The molecule has 0 fully saturated rings. The summed E-state index contributed by atoms with van der Waals surface area (Å²) in [5, 5.41) is 21.2. The van der Waals surface area contributed by atoms with Crippen molar-refractivity contribution in [3.05, 3.63) is 78.4 Å². The van der Waals surface area contributed by atoms with Crippen LogP contribution >= 0.6 is 0 Å². The first-order valence-electron chi connectivity index (χ1n) is 8.65. The zero-order valence-electron chi connectivity index (χ0n) is 15.1. The Hall–Kier alpha value is -4.58. The van der Waals surface area contributed by atoms with Gasteiger partial charge in [0.2, 0.25) is 11.9 Å². The van der Waals surface area contributed by atoms with Crippen molar-refractivity contribution in [3.8, 4) is 11.8 Å². The maximum atomic E-state index is 9.60. The third-order valence-electron chi connectivity index (χ3n) is 3.83. The molecule has 9 nitrogen and oxygen atoms in total. The lowest BCUT2D eigenvalue weighted by Crippen LogP contribution is -2.06. The predicted octanol–water partition coefficient (Wildman–Crippen LogP) is 2.84. The van der Waals surface area contributed by atoms with Crippen LogP contribution in [0.15, 0.2) is 66.9 Å². The summed E-state index contributed by atoms with van der Waals surface area (Å²) in [6, 6.07) is 20.9. The normalized spacial score (nSPS) is 11.1. The summed E-state index contributed by atoms with van der Waals surface area (Å²) in [6.07, 6.45) is 3.10.